The highest BCUT2D eigenvalue weighted by Crippen LogP contribution is 2.20. The average Bonchev–Trinajstić information content (AvgIpc) is 2.38. The zero-order valence-electron chi connectivity index (χ0n) is 9.54. The highest BCUT2D eigenvalue weighted by Gasteiger charge is 2.12. The molecule has 0 aliphatic carbocycles. The van der Waals surface area contributed by atoms with Crippen molar-refractivity contribution in [1.29, 1.82) is 0 Å². The van der Waals surface area contributed by atoms with Crippen LogP contribution in [-0.2, 0) is 0 Å². The van der Waals surface area contributed by atoms with Crippen molar-refractivity contribution in [2.75, 3.05) is 7.11 Å². The van der Waals surface area contributed by atoms with Gasteiger partial charge in [-0.15, -0.1) is 0 Å². The molecule has 0 aliphatic rings. The SMILES string of the molecule is COc1ccc(-c2ccc([N+](=O)[O-])c(=O)[nH]2)cc1. The average molecular weight is 246 g/mol. The minimum atomic E-state index is -0.715. The quantitative estimate of drug-likeness (QED) is 0.662. The van der Waals surface area contributed by atoms with E-state index in [2.05, 4.69) is 4.98 Å². The van der Waals surface area contributed by atoms with Crippen LogP contribution in [0.15, 0.2) is 41.2 Å². The van der Waals surface area contributed by atoms with Gasteiger partial charge < -0.3 is 9.72 Å². The van der Waals surface area contributed by atoms with Gasteiger partial charge in [-0.3, -0.25) is 14.9 Å². The number of nitro groups is 1. The molecule has 92 valence electrons. The second-order valence-corrected chi connectivity index (χ2v) is 3.57. The van der Waals surface area contributed by atoms with E-state index in [-0.39, 0.29) is 0 Å². The van der Waals surface area contributed by atoms with E-state index in [9.17, 15) is 14.9 Å². The van der Waals surface area contributed by atoms with Crippen molar-refractivity contribution in [3.05, 3.63) is 56.9 Å². The number of rotatable bonds is 3. The van der Waals surface area contributed by atoms with E-state index in [1.807, 2.05) is 0 Å². The molecule has 0 amide bonds. The molecule has 2 aromatic rings. The highest BCUT2D eigenvalue weighted by molar-refractivity contribution is 5.60. The molecule has 0 spiro atoms. The fourth-order valence-electron chi connectivity index (χ4n) is 1.55. The lowest BCUT2D eigenvalue weighted by atomic mass is 10.1. The van der Waals surface area contributed by atoms with Gasteiger partial charge in [-0.05, 0) is 35.9 Å². The predicted octanol–water partition coefficient (Wildman–Crippen LogP) is 1.96. The van der Waals surface area contributed by atoms with E-state index >= 15 is 0 Å². The molecule has 0 aliphatic heterocycles. The van der Waals surface area contributed by atoms with Gasteiger partial charge >= 0.3 is 11.2 Å². The molecular weight excluding hydrogens is 236 g/mol. The van der Waals surface area contributed by atoms with E-state index in [4.69, 9.17) is 4.74 Å². The molecule has 2 rings (SSSR count). The van der Waals surface area contributed by atoms with Crippen molar-refractivity contribution in [2.24, 2.45) is 0 Å². The summed E-state index contributed by atoms with van der Waals surface area (Å²) in [5.41, 5.74) is 0.0941. The third-order valence-corrected chi connectivity index (χ3v) is 2.49. The molecule has 1 N–H and O–H groups in total. The van der Waals surface area contributed by atoms with Crippen LogP contribution in [0.3, 0.4) is 0 Å². The number of nitrogens with zero attached hydrogens (tertiary/aromatic N) is 1. The van der Waals surface area contributed by atoms with Crippen molar-refractivity contribution in [3.63, 3.8) is 0 Å². The van der Waals surface area contributed by atoms with Gasteiger partial charge in [-0.2, -0.15) is 0 Å². The smallest absolute Gasteiger partial charge is 0.333 e. The van der Waals surface area contributed by atoms with Crippen LogP contribution in [0, 0.1) is 10.1 Å². The molecule has 1 aromatic heterocycles. The van der Waals surface area contributed by atoms with Gasteiger partial charge in [0.25, 0.3) is 0 Å². The molecule has 6 nitrogen and oxygen atoms in total. The van der Waals surface area contributed by atoms with Gasteiger partial charge in [0.1, 0.15) is 5.75 Å². The van der Waals surface area contributed by atoms with Crippen LogP contribution >= 0.6 is 0 Å². The number of ether oxygens (including phenoxy) is 1. The van der Waals surface area contributed by atoms with Crippen LogP contribution in [0.2, 0.25) is 0 Å². The van der Waals surface area contributed by atoms with Gasteiger partial charge in [0, 0.05) is 11.8 Å². The first-order valence-electron chi connectivity index (χ1n) is 5.14. The molecule has 18 heavy (non-hydrogen) atoms. The van der Waals surface area contributed by atoms with Crippen LogP contribution in [0.5, 0.6) is 5.75 Å². The Morgan fingerprint density at radius 1 is 1.17 bits per heavy atom. The van der Waals surface area contributed by atoms with Crippen LogP contribution in [0.25, 0.3) is 11.3 Å². The number of aromatic amines is 1. The lowest BCUT2D eigenvalue weighted by Crippen LogP contribution is -2.11. The Kier molecular flexibility index (Phi) is 3.09. The second-order valence-electron chi connectivity index (χ2n) is 3.57. The normalized spacial score (nSPS) is 10.1. The van der Waals surface area contributed by atoms with Crippen molar-refractivity contribution in [1.82, 2.24) is 4.98 Å². The molecular formula is C12H10N2O4. The Morgan fingerprint density at radius 3 is 2.33 bits per heavy atom. The lowest BCUT2D eigenvalue weighted by molar-refractivity contribution is -0.386. The molecule has 0 fully saturated rings. The topological polar surface area (TPSA) is 85.2 Å². The fourth-order valence-corrected chi connectivity index (χ4v) is 1.55. The maximum absolute atomic E-state index is 11.5. The van der Waals surface area contributed by atoms with Crippen molar-refractivity contribution in [2.45, 2.75) is 0 Å². The number of hydrogen-bond acceptors (Lipinski definition) is 4. The van der Waals surface area contributed by atoms with Crippen molar-refractivity contribution < 1.29 is 9.66 Å². The van der Waals surface area contributed by atoms with E-state index < -0.39 is 16.2 Å². The molecule has 0 saturated carbocycles. The number of aromatic nitrogens is 1. The number of methoxy groups -OCH3 is 1. The zero-order chi connectivity index (χ0) is 13.1. The van der Waals surface area contributed by atoms with Crippen LogP contribution in [0.4, 0.5) is 5.69 Å². The summed E-state index contributed by atoms with van der Waals surface area (Å²) in [4.78, 5) is 23.7. The molecule has 0 saturated heterocycles. The zero-order valence-corrected chi connectivity index (χ0v) is 9.54. The monoisotopic (exact) mass is 246 g/mol. The van der Waals surface area contributed by atoms with Crippen LogP contribution in [0.1, 0.15) is 0 Å². The number of benzene rings is 1. The molecule has 0 atom stereocenters. The van der Waals surface area contributed by atoms with E-state index in [1.54, 1.807) is 31.4 Å². The van der Waals surface area contributed by atoms with Crippen LogP contribution in [-0.4, -0.2) is 17.0 Å². The second kappa shape index (κ2) is 4.70. The Balaban J connectivity index is 2.42. The van der Waals surface area contributed by atoms with Gasteiger partial charge in [-0.1, -0.05) is 0 Å². The molecule has 1 heterocycles. The largest absolute Gasteiger partial charge is 0.497 e. The Labute approximate surface area is 102 Å². The molecule has 0 bridgehead atoms. The molecule has 1 aromatic carbocycles. The first-order valence-corrected chi connectivity index (χ1v) is 5.14. The maximum Gasteiger partial charge on any atom is 0.333 e. The van der Waals surface area contributed by atoms with Gasteiger partial charge in [-0.25, -0.2) is 0 Å². The third kappa shape index (κ3) is 2.22. The first-order chi connectivity index (χ1) is 8.61. The minimum Gasteiger partial charge on any atom is -0.497 e. The summed E-state index contributed by atoms with van der Waals surface area (Å²) in [7, 11) is 1.56. The van der Waals surface area contributed by atoms with Gasteiger partial charge in [0.2, 0.25) is 0 Å². The van der Waals surface area contributed by atoms with Gasteiger partial charge in [0.15, 0.2) is 0 Å². The Hall–Kier alpha value is -2.63. The van der Waals surface area contributed by atoms with Crippen molar-refractivity contribution in [3.8, 4) is 17.0 Å². The minimum absolute atomic E-state index is 0.465. The Morgan fingerprint density at radius 2 is 1.83 bits per heavy atom. The summed E-state index contributed by atoms with van der Waals surface area (Å²) < 4.78 is 5.02. The predicted molar refractivity (Wildman–Crippen MR) is 65.7 cm³/mol. The van der Waals surface area contributed by atoms with E-state index in [0.29, 0.717) is 11.4 Å². The maximum atomic E-state index is 11.5. The summed E-state index contributed by atoms with van der Waals surface area (Å²) in [6.07, 6.45) is 0. The number of H-pyrrole nitrogens is 1. The lowest BCUT2D eigenvalue weighted by Gasteiger charge is -2.03. The number of nitrogens with one attached hydrogen (secondary N) is 1. The first kappa shape index (κ1) is 11.8. The van der Waals surface area contributed by atoms with Crippen LogP contribution < -0.4 is 10.3 Å². The third-order valence-electron chi connectivity index (χ3n) is 2.49. The summed E-state index contributed by atoms with van der Waals surface area (Å²) in [6, 6.07) is 9.70. The molecule has 6 heteroatoms. The standard InChI is InChI=1S/C12H10N2O4/c1-18-9-4-2-8(3-5-9)10-6-7-11(14(16)17)12(15)13-10/h2-7H,1H3,(H,13,15). The number of pyridine rings is 1. The summed E-state index contributed by atoms with van der Waals surface area (Å²) in [5, 5.41) is 10.5. The molecule has 0 unspecified atom stereocenters. The molecule has 0 radical (unpaired) electrons. The van der Waals surface area contributed by atoms with Gasteiger partial charge in [0.05, 0.1) is 12.0 Å². The Bertz CT molecular complexity index is 631. The highest BCUT2D eigenvalue weighted by atomic mass is 16.6. The summed E-state index contributed by atoms with van der Waals surface area (Å²) >= 11 is 0. The summed E-state index contributed by atoms with van der Waals surface area (Å²) in [5.74, 6) is 0.697. The summed E-state index contributed by atoms with van der Waals surface area (Å²) in [6.45, 7) is 0. The van der Waals surface area contributed by atoms with Crippen molar-refractivity contribution >= 4 is 5.69 Å². The fraction of sp³-hybridized carbons (Fsp3) is 0.0833. The van der Waals surface area contributed by atoms with E-state index in [1.165, 1.54) is 12.1 Å². The number of hydrogen-bond donors (Lipinski definition) is 1. The van der Waals surface area contributed by atoms with E-state index in [0.717, 1.165) is 5.56 Å².